The number of aliphatic hydroxyl groups excluding tert-OH is 1. The highest BCUT2D eigenvalue weighted by Gasteiger charge is 2.39. The summed E-state index contributed by atoms with van der Waals surface area (Å²) in [6, 6.07) is 19.5. The van der Waals surface area contributed by atoms with Crippen LogP contribution in [-0.2, 0) is 16.1 Å². The van der Waals surface area contributed by atoms with Gasteiger partial charge in [-0.15, -0.1) is 0 Å². The SMILES string of the molecule is CC(=O)C1=CN(C)C=C(C(=O)C(Cl)(Cl)Cl)C1/C=C(/O)c1cc2ccccc2n1Cc1ccccc1. The number of ketones is 2. The zero-order chi connectivity index (χ0) is 25.3. The molecular weight excluding hydrogens is 507 g/mol. The van der Waals surface area contributed by atoms with E-state index in [0.29, 0.717) is 17.8 Å². The molecule has 0 radical (unpaired) electrons. The van der Waals surface area contributed by atoms with Gasteiger partial charge in [0.05, 0.1) is 5.69 Å². The average Bonchev–Trinajstić information content (AvgIpc) is 3.18. The van der Waals surface area contributed by atoms with E-state index in [1.807, 2.05) is 65.2 Å². The van der Waals surface area contributed by atoms with E-state index < -0.39 is 15.5 Å². The van der Waals surface area contributed by atoms with E-state index in [4.69, 9.17) is 34.8 Å². The number of allylic oxidation sites excluding steroid dienone is 3. The highest BCUT2D eigenvalue weighted by molar-refractivity contribution is 6.77. The average molecular weight is 530 g/mol. The number of carbonyl (C=O) groups is 2. The van der Waals surface area contributed by atoms with E-state index in [1.165, 1.54) is 19.2 Å². The Bertz CT molecular complexity index is 1380. The Morgan fingerprint density at radius 3 is 2.29 bits per heavy atom. The summed E-state index contributed by atoms with van der Waals surface area (Å²) < 4.78 is -0.224. The van der Waals surface area contributed by atoms with Gasteiger partial charge in [0.15, 0.2) is 5.78 Å². The van der Waals surface area contributed by atoms with Crippen molar-refractivity contribution in [1.29, 1.82) is 0 Å². The summed E-state index contributed by atoms with van der Waals surface area (Å²) in [6.45, 7) is 1.91. The van der Waals surface area contributed by atoms with Gasteiger partial charge in [0.2, 0.25) is 5.78 Å². The number of hydrogen-bond donors (Lipinski definition) is 1. The van der Waals surface area contributed by atoms with Gasteiger partial charge in [0, 0.05) is 54.0 Å². The molecule has 1 aliphatic heterocycles. The van der Waals surface area contributed by atoms with Crippen molar-refractivity contribution in [3.63, 3.8) is 0 Å². The van der Waals surface area contributed by atoms with Gasteiger partial charge in [-0.25, -0.2) is 0 Å². The predicted octanol–water partition coefficient (Wildman–Crippen LogP) is 6.45. The second kappa shape index (κ2) is 9.94. The molecule has 8 heteroatoms. The maximum absolute atomic E-state index is 13.0. The molecule has 2 heterocycles. The van der Waals surface area contributed by atoms with E-state index in [2.05, 4.69) is 0 Å². The van der Waals surface area contributed by atoms with Crippen molar-refractivity contribution in [2.24, 2.45) is 5.92 Å². The quantitative estimate of drug-likeness (QED) is 0.295. The number of rotatable bonds is 6. The molecule has 35 heavy (non-hydrogen) atoms. The minimum Gasteiger partial charge on any atom is -0.506 e. The van der Waals surface area contributed by atoms with Gasteiger partial charge in [-0.05, 0) is 30.7 Å². The first-order valence-corrected chi connectivity index (χ1v) is 12.0. The third-order valence-corrected chi connectivity index (χ3v) is 6.38. The monoisotopic (exact) mass is 528 g/mol. The molecule has 1 aliphatic rings. The van der Waals surface area contributed by atoms with E-state index in [0.717, 1.165) is 16.5 Å². The first-order valence-electron chi connectivity index (χ1n) is 10.9. The third-order valence-electron chi connectivity index (χ3n) is 5.86. The molecule has 0 spiro atoms. The minimum atomic E-state index is -2.21. The molecule has 1 N–H and O–H groups in total. The highest BCUT2D eigenvalue weighted by Crippen LogP contribution is 2.38. The van der Waals surface area contributed by atoms with Crippen LogP contribution in [-0.4, -0.2) is 37.0 Å². The van der Waals surface area contributed by atoms with Gasteiger partial charge in [0.1, 0.15) is 5.76 Å². The summed E-state index contributed by atoms with van der Waals surface area (Å²) in [7, 11) is 1.67. The second-order valence-corrected chi connectivity index (χ2v) is 10.7. The number of para-hydroxylation sites is 1. The highest BCUT2D eigenvalue weighted by atomic mass is 35.6. The van der Waals surface area contributed by atoms with Gasteiger partial charge < -0.3 is 14.6 Å². The van der Waals surface area contributed by atoms with E-state index in [9.17, 15) is 14.7 Å². The molecule has 0 fully saturated rings. The molecule has 0 amide bonds. The largest absolute Gasteiger partial charge is 0.506 e. The van der Waals surface area contributed by atoms with Crippen LogP contribution in [0.15, 0.2) is 90.3 Å². The summed E-state index contributed by atoms with van der Waals surface area (Å²) in [5.74, 6) is -2.02. The smallest absolute Gasteiger partial charge is 0.253 e. The van der Waals surface area contributed by atoms with Crippen LogP contribution in [0.1, 0.15) is 18.2 Å². The minimum absolute atomic E-state index is 0.0949. The van der Waals surface area contributed by atoms with E-state index in [-0.39, 0.29) is 17.1 Å². The second-order valence-electron chi connectivity index (χ2n) is 8.41. The molecular formula is C27H23Cl3N2O3. The topological polar surface area (TPSA) is 62.5 Å². The van der Waals surface area contributed by atoms with Crippen molar-refractivity contribution in [1.82, 2.24) is 9.47 Å². The molecule has 5 nitrogen and oxygen atoms in total. The van der Waals surface area contributed by atoms with E-state index >= 15 is 0 Å². The van der Waals surface area contributed by atoms with Crippen LogP contribution in [0, 0.1) is 5.92 Å². The number of carbonyl (C=O) groups excluding carboxylic acids is 2. The number of benzene rings is 2. The Kier molecular flexibility index (Phi) is 7.13. The third kappa shape index (κ3) is 5.32. The standard InChI is InChI=1S/C27H23Cl3N2O3/c1-17(33)21-15-31(2)16-22(26(35)27(28,29)30)20(21)13-25(34)24-12-19-10-6-7-11-23(19)32(24)14-18-8-4-3-5-9-18/h3-13,15-16,20,34H,14H2,1-2H3/b25-13+. The number of halogens is 3. The van der Waals surface area contributed by atoms with Crippen LogP contribution in [0.3, 0.4) is 0 Å². The Labute approximate surface area is 218 Å². The molecule has 1 unspecified atom stereocenters. The van der Waals surface area contributed by atoms with Crippen LogP contribution in [0.5, 0.6) is 0 Å². The van der Waals surface area contributed by atoms with Gasteiger partial charge in [-0.1, -0.05) is 83.3 Å². The molecule has 180 valence electrons. The van der Waals surface area contributed by atoms with Crippen molar-refractivity contribution in [3.8, 4) is 0 Å². The lowest BCUT2D eigenvalue weighted by Gasteiger charge is -2.28. The zero-order valence-corrected chi connectivity index (χ0v) is 21.3. The lowest BCUT2D eigenvalue weighted by atomic mass is 9.84. The number of hydrogen-bond acceptors (Lipinski definition) is 4. The Hall–Kier alpha value is -2.99. The lowest BCUT2D eigenvalue weighted by Crippen LogP contribution is -2.31. The Morgan fingerprint density at radius 1 is 1.00 bits per heavy atom. The van der Waals surface area contributed by atoms with Crippen LogP contribution in [0.2, 0.25) is 0 Å². The van der Waals surface area contributed by atoms with Crippen LogP contribution < -0.4 is 0 Å². The number of fused-ring (bicyclic) bond motifs is 1. The fourth-order valence-electron chi connectivity index (χ4n) is 4.26. The van der Waals surface area contributed by atoms with Crippen LogP contribution in [0.4, 0.5) is 0 Å². The summed E-state index contributed by atoms with van der Waals surface area (Å²) >= 11 is 17.7. The van der Waals surface area contributed by atoms with Crippen molar-refractivity contribution in [2.45, 2.75) is 17.3 Å². The summed E-state index contributed by atoms with van der Waals surface area (Å²) in [5.41, 5.74) is 2.92. The van der Waals surface area contributed by atoms with Gasteiger partial charge in [-0.3, -0.25) is 9.59 Å². The van der Waals surface area contributed by atoms with Crippen LogP contribution in [0.25, 0.3) is 16.7 Å². The molecule has 4 rings (SSSR count). The molecule has 0 aliphatic carbocycles. The first-order chi connectivity index (χ1) is 16.6. The van der Waals surface area contributed by atoms with Gasteiger partial charge in [0.25, 0.3) is 3.79 Å². The Balaban J connectivity index is 1.85. The van der Waals surface area contributed by atoms with Gasteiger partial charge >= 0.3 is 0 Å². The summed E-state index contributed by atoms with van der Waals surface area (Å²) in [5, 5.41) is 12.3. The molecule has 0 saturated carbocycles. The first kappa shape index (κ1) is 25.1. The van der Waals surface area contributed by atoms with Crippen molar-refractivity contribution in [2.75, 3.05) is 7.05 Å². The van der Waals surface area contributed by atoms with Crippen molar-refractivity contribution < 1.29 is 14.7 Å². The fourth-order valence-corrected chi connectivity index (χ4v) is 4.59. The molecule has 2 aromatic carbocycles. The molecule has 0 bridgehead atoms. The molecule has 3 aromatic rings. The van der Waals surface area contributed by atoms with Crippen molar-refractivity contribution >= 4 is 63.0 Å². The maximum Gasteiger partial charge on any atom is 0.253 e. The summed E-state index contributed by atoms with van der Waals surface area (Å²) in [4.78, 5) is 27.0. The molecule has 1 atom stereocenters. The van der Waals surface area contributed by atoms with E-state index in [1.54, 1.807) is 18.1 Å². The number of alkyl halides is 3. The number of aliphatic hydroxyl groups is 1. The summed E-state index contributed by atoms with van der Waals surface area (Å²) in [6.07, 6.45) is 4.58. The fraction of sp³-hybridized carbons (Fsp3) is 0.185. The number of nitrogens with zero attached hydrogens (tertiary/aromatic N) is 2. The normalized spacial score (nSPS) is 16.8. The zero-order valence-electron chi connectivity index (χ0n) is 19.1. The number of Topliss-reactive ketones (excluding diaryl/α,β-unsaturated/α-hetero) is 2. The number of aromatic nitrogens is 1. The van der Waals surface area contributed by atoms with Crippen molar-refractivity contribution in [3.05, 3.63) is 102 Å². The van der Waals surface area contributed by atoms with Crippen LogP contribution >= 0.6 is 34.8 Å². The van der Waals surface area contributed by atoms with Gasteiger partial charge in [-0.2, -0.15) is 0 Å². The predicted molar refractivity (Wildman–Crippen MR) is 141 cm³/mol. The lowest BCUT2D eigenvalue weighted by molar-refractivity contribution is -0.115. The maximum atomic E-state index is 13.0. The Morgan fingerprint density at radius 2 is 1.63 bits per heavy atom. The molecule has 1 aromatic heterocycles. The molecule has 0 saturated heterocycles.